The molecule has 2 rings (SSSR count). The van der Waals surface area contributed by atoms with E-state index in [4.69, 9.17) is 9.47 Å². The molecule has 0 bridgehead atoms. The number of hydrogen-bond acceptors (Lipinski definition) is 4. The van der Waals surface area contributed by atoms with E-state index in [1.165, 1.54) is 0 Å². The molecule has 0 aliphatic rings. The maximum atomic E-state index is 12.1. The highest BCUT2D eigenvalue weighted by atomic mass is 16.5. The minimum atomic E-state index is -0.210. The zero-order valence-corrected chi connectivity index (χ0v) is 16.0. The Labute approximate surface area is 155 Å². The molecule has 0 saturated heterocycles. The number of amides is 1. The van der Waals surface area contributed by atoms with Crippen molar-refractivity contribution < 1.29 is 14.3 Å². The maximum Gasteiger partial charge on any atom is 0.262 e. The van der Waals surface area contributed by atoms with Gasteiger partial charge in [-0.25, -0.2) is 0 Å². The van der Waals surface area contributed by atoms with Gasteiger partial charge < -0.3 is 20.1 Å². The molecule has 0 radical (unpaired) electrons. The quantitative estimate of drug-likeness (QED) is 0.715. The Bertz CT molecular complexity index is 714. The summed E-state index contributed by atoms with van der Waals surface area (Å²) in [7, 11) is 1.60. The SMILES string of the molecule is CCC(C)NCc1ccc(OCC(=O)Nc2ccc(C)cc2)c(OC)c1. The van der Waals surface area contributed by atoms with Gasteiger partial charge in [-0.3, -0.25) is 4.79 Å². The van der Waals surface area contributed by atoms with Crippen molar-refractivity contribution in [1.29, 1.82) is 0 Å². The molecule has 0 aliphatic heterocycles. The third-order valence-electron chi connectivity index (χ3n) is 4.19. The van der Waals surface area contributed by atoms with Gasteiger partial charge in [0.1, 0.15) is 0 Å². The van der Waals surface area contributed by atoms with Crippen LogP contribution in [0.15, 0.2) is 42.5 Å². The molecule has 1 amide bonds. The lowest BCUT2D eigenvalue weighted by Crippen LogP contribution is -2.24. The predicted octanol–water partition coefficient (Wildman–Crippen LogP) is 3.91. The van der Waals surface area contributed by atoms with Crippen LogP contribution in [-0.2, 0) is 11.3 Å². The first-order valence-electron chi connectivity index (χ1n) is 8.91. The molecule has 5 nitrogen and oxygen atoms in total. The van der Waals surface area contributed by atoms with Crippen LogP contribution in [0.2, 0.25) is 0 Å². The molecule has 2 aromatic rings. The number of methoxy groups -OCH3 is 1. The van der Waals surface area contributed by atoms with Gasteiger partial charge >= 0.3 is 0 Å². The second-order valence-corrected chi connectivity index (χ2v) is 6.38. The van der Waals surface area contributed by atoms with E-state index >= 15 is 0 Å². The highest BCUT2D eigenvalue weighted by Crippen LogP contribution is 2.28. The Kier molecular flexibility index (Phi) is 7.48. The first-order chi connectivity index (χ1) is 12.5. The number of anilines is 1. The zero-order chi connectivity index (χ0) is 18.9. The number of rotatable bonds is 9. The van der Waals surface area contributed by atoms with Gasteiger partial charge in [-0.2, -0.15) is 0 Å². The van der Waals surface area contributed by atoms with Crippen LogP contribution >= 0.6 is 0 Å². The lowest BCUT2D eigenvalue weighted by atomic mass is 10.1. The van der Waals surface area contributed by atoms with Crippen molar-refractivity contribution in [1.82, 2.24) is 5.32 Å². The summed E-state index contributed by atoms with van der Waals surface area (Å²) in [4.78, 5) is 12.1. The molecule has 5 heteroatoms. The lowest BCUT2D eigenvalue weighted by molar-refractivity contribution is -0.118. The van der Waals surface area contributed by atoms with E-state index in [1.54, 1.807) is 7.11 Å². The minimum absolute atomic E-state index is 0.0747. The second kappa shape index (κ2) is 9.82. The molecule has 2 aromatic carbocycles. The zero-order valence-electron chi connectivity index (χ0n) is 16.0. The predicted molar refractivity (Wildman–Crippen MR) is 105 cm³/mol. The number of carbonyl (C=O) groups excluding carboxylic acids is 1. The van der Waals surface area contributed by atoms with E-state index in [0.29, 0.717) is 17.5 Å². The summed E-state index contributed by atoms with van der Waals surface area (Å²) in [5, 5.41) is 6.25. The molecule has 0 aromatic heterocycles. The minimum Gasteiger partial charge on any atom is -0.493 e. The fourth-order valence-electron chi connectivity index (χ4n) is 2.35. The number of carbonyl (C=O) groups is 1. The Morgan fingerprint density at radius 2 is 1.85 bits per heavy atom. The molecule has 1 unspecified atom stereocenters. The fraction of sp³-hybridized carbons (Fsp3) is 0.381. The Hall–Kier alpha value is -2.53. The van der Waals surface area contributed by atoms with E-state index < -0.39 is 0 Å². The number of aryl methyl sites for hydroxylation is 1. The summed E-state index contributed by atoms with van der Waals surface area (Å²) in [5.41, 5.74) is 3.01. The average Bonchev–Trinajstić information content (AvgIpc) is 2.66. The first-order valence-corrected chi connectivity index (χ1v) is 8.91. The Morgan fingerprint density at radius 3 is 2.50 bits per heavy atom. The van der Waals surface area contributed by atoms with Crippen LogP contribution in [0.5, 0.6) is 11.5 Å². The van der Waals surface area contributed by atoms with Gasteiger partial charge in [-0.1, -0.05) is 30.7 Å². The van der Waals surface area contributed by atoms with Crippen LogP contribution in [-0.4, -0.2) is 25.7 Å². The van der Waals surface area contributed by atoms with Gasteiger partial charge in [-0.15, -0.1) is 0 Å². The highest BCUT2D eigenvalue weighted by Gasteiger charge is 2.09. The summed E-state index contributed by atoms with van der Waals surface area (Å²) >= 11 is 0. The third-order valence-corrected chi connectivity index (χ3v) is 4.19. The maximum absolute atomic E-state index is 12.1. The summed E-state index contributed by atoms with van der Waals surface area (Å²) in [6.07, 6.45) is 1.08. The molecule has 140 valence electrons. The van der Waals surface area contributed by atoms with Crippen molar-refractivity contribution >= 4 is 11.6 Å². The van der Waals surface area contributed by atoms with Crippen molar-refractivity contribution in [2.75, 3.05) is 19.0 Å². The first kappa shape index (κ1) is 19.8. The monoisotopic (exact) mass is 356 g/mol. The molecular formula is C21H28N2O3. The summed E-state index contributed by atoms with van der Waals surface area (Å²) < 4.78 is 11.0. The summed E-state index contributed by atoms with van der Waals surface area (Å²) in [6, 6.07) is 13.8. The number of hydrogen-bond donors (Lipinski definition) is 2. The van der Waals surface area contributed by atoms with Crippen molar-refractivity contribution in [3.05, 3.63) is 53.6 Å². The van der Waals surface area contributed by atoms with Gasteiger partial charge in [0.05, 0.1) is 7.11 Å². The van der Waals surface area contributed by atoms with Gasteiger partial charge in [-0.05, 0) is 50.1 Å². The van der Waals surface area contributed by atoms with Crippen molar-refractivity contribution in [2.45, 2.75) is 39.8 Å². The van der Waals surface area contributed by atoms with Crippen molar-refractivity contribution in [2.24, 2.45) is 0 Å². The van der Waals surface area contributed by atoms with Crippen LogP contribution in [0.4, 0.5) is 5.69 Å². The number of ether oxygens (including phenoxy) is 2. The molecule has 0 spiro atoms. The normalized spacial score (nSPS) is 11.7. The van der Waals surface area contributed by atoms with E-state index in [9.17, 15) is 4.79 Å². The van der Waals surface area contributed by atoms with Crippen LogP contribution in [0.3, 0.4) is 0 Å². The topological polar surface area (TPSA) is 59.6 Å². The Morgan fingerprint density at radius 1 is 1.12 bits per heavy atom. The summed E-state index contributed by atoms with van der Waals surface area (Å²) in [6.45, 7) is 7.00. The van der Waals surface area contributed by atoms with E-state index in [-0.39, 0.29) is 12.5 Å². The smallest absolute Gasteiger partial charge is 0.262 e. The lowest BCUT2D eigenvalue weighted by Gasteiger charge is -2.14. The van der Waals surface area contributed by atoms with Crippen LogP contribution in [0.1, 0.15) is 31.4 Å². The van der Waals surface area contributed by atoms with Crippen LogP contribution in [0, 0.1) is 6.92 Å². The average molecular weight is 356 g/mol. The van der Waals surface area contributed by atoms with Crippen molar-refractivity contribution in [3.63, 3.8) is 0 Å². The Balaban J connectivity index is 1.91. The molecule has 0 heterocycles. The highest BCUT2D eigenvalue weighted by molar-refractivity contribution is 5.91. The third kappa shape index (κ3) is 6.08. The number of nitrogens with one attached hydrogen (secondary N) is 2. The van der Waals surface area contributed by atoms with Gasteiger partial charge in [0.25, 0.3) is 5.91 Å². The van der Waals surface area contributed by atoms with Gasteiger partial charge in [0.15, 0.2) is 18.1 Å². The van der Waals surface area contributed by atoms with Crippen LogP contribution in [0.25, 0.3) is 0 Å². The molecule has 0 aliphatic carbocycles. The molecule has 26 heavy (non-hydrogen) atoms. The van der Waals surface area contributed by atoms with Crippen LogP contribution < -0.4 is 20.1 Å². The number of benzene rings is 2. The second-order valence-electron chi connectivity index (χ2n) is 6.38. The molecule has 2 N–H and O–H groups in total. The van der Waals surface area contributed by atoms with Gasteiger partial charge in [0, 0.05) is 18.3 Å². The fourth-order valence-corrected chi connectivity index (χ4v) is 2.35. The molecule has 0 fully saturated rings. The van der Waals surface area contributed by atoms with E-state index in [2.05, 4.69) is 24.5 Å². The molecule has 1 atom stereocenters. The molecule has 0 saturated carbocycles. The standard InChI is InChI=1S/C21H28N2O3/c1-5-16(3)22-13-17-8-11-19(20(12-17)25-4)26-14-21(24)23-18-9-6-15(2)7-10-18/h6-12,16,22H,5,13-14H2,1-4H3,(H,23,24). The molecular weight excluding hydrogens is 328 g/mol. The van der Waals surface area contributed by atoms with Gasteiger partial charge in [0.2, 0.25) is 0 Å². The van der Waals surface area contributed by atoms with E-state index in [1.807, 2.05) is 49.4 Å². The van der Waals surface area contributed by atoms with Crippen molar-refractivity contribution in [3.8, 4) is 11.5 Å². The largest absolute Gasteiger partial charge is 0.493 e. The summed E-state index contributed by atoms with van der Waals surface area (Å²) in [5.74, 6) is 0.967. The van der Waals surface area contributed by atoms with E-state index in [0.717, 1.165) is 29.8 Å².